The zero-order valence-electron chi connectivity index (χ0n) is 23.0. The number of hydrogen-bond donors (Lipinski definition) is 1. The van der Waals surface area contributed by atoms with E-state index < -0.39 is 6.17 Å². The molecule has 1 N–H and O–H groups in total. The van der Waals surface area contributed by atoms with Crippen LogP contribution in [-0.4, -0.2) is 76.1 Å². The fourth-order valence-corrected chi connectivity index (χ4v) is 6.49. The van der Waals surface area contributed by atoms with E-state index in [0.717, 1.165) is 55.2 Å². The summed E-state index contributed by atoms with van der Waals surface area (Å²) in [6.07, 6.45) is 3.09. The van der Waals surface area contributed by atoms with Gasteiger partial charge in [0.25, 0.3) is 5.91 Å². The van der Waals surface area contributed by atoms with Crippen molar-refractivity contribution < 1.29 is 19.0 Å². The Morgan fingerprint density at radius 3 is 2.65 bits per heavy atom. The van der Waals surface area contributed by atoms with E-state index in [2.05, 4.69) is 38.3 Å². The normalized spacial score (nSPS) is 17.8. The predicted octanol–water partition coefficient (Wildman–Crippen LogP) is 4.85. The number of imidazole rings is 1. The third-order valence-corrected chi connectivity index (χ3v) is 8.77. The van der Waals surface area contributed by atoms with Crippen LogP contribution >= 0.6 is 0 Å². The molecular weight excluding hydrogens is 509 g/mol. The molecular formula is C31H36FN5O3. The molecule has 2 aromatic carbocycles. The lowest BCUT2D eigenvalue weighted by Crippen LogP contribution is -2.39. The van der Waals surface area contributed by atoms with Crippen LogP contribution in [0.4, 0.5) is 10.1 Å². The number of ether oxygens (including phenoxy) is 1. The number of alkyl halides is 1. The number of anilines is 1. The Bertz CT molecular complexity index is 1580. The molecule has 0 unspecified atom stereocenters. The van der Waals surface area contributed by atoms with Gasteiger partial charge in [0.1, 0.15) is 17.4 Å². The number of carbonyl (C=O) groups excluding carboxylic acids is 1. The molecule has 0 atom stereocenters. The number of amides is 1. The molecule has 0 radical (unpaired) electrons. The molecule has 4 heterocycles. The molecule has 210 valence electrons. The first-order valence-corrected chi connectivity index (χ1v) is 14.6. The lowest BCUT2D eigenvalue weighted by molar-refractivity contribution is 0.0666. The van der Waals surface area contributed by atoms with Crippen LogP contribution in [0.5, 0.6) is 5.75 Å². The molecule has 40 heavy (non-hydrogen) atoms. The minimum absolute atomic E-state index is 0.0958. The molecule has 1 saturated heterocycles. The second-order valence-corrected chi connectivity index (χ2v) is 11.5. The predicted molar refractivity (Wildman–Crippen MR) is 154 cm³/mol. The number of para-hydroxylation sites is 1. The van der Waals surface area contributed by atoms with E-state index in [9.17, 15) is 14.3 Å². The number of hydrogen-bond acceptors (Lipinski definition) is 5. The Morgan fingerprint density at radius 1 is 1.07 bits per heavy atom. The van der Waals surface area contributed by atoms with Gasteiger partial charge < -0.3 is 28.8 Å². The molecule has 0 bridgehead atoms. The summed E-state index contributed by atoms with van der Waals surface area (Å²) in [7, 11) is 1.65. The van der Waals surface area contributed by atoms with Gasteiger partial charge in [-0.3, -0.25) is 4.79 Å². The van der Waals surface area contributed by atoms with Crippen molar-refractivity contribution in [1.29, 1.82) is 0 Å². The number of aromatic nitrogens is 3. The summed E-state index contributed by atoms with van der Waals surface area (Å²) < 4.78 is 24.3. The van der Waals surface area contributed by atoms with Gasteiger partial charge in [0.15, 0.2) is 5.82 Å². The standard InChI is InChI=1S/C31H36FN5O3/c1-40-27-18-22(31(39)35-11-8-23(32)9-12-35)16-24-29(27)37(19-20-6-7-20)30(33-24)26-17-21-4-2-5-25-28(21)36(26)14-13-34(25)10-3-15-38/h2,4-5,16-18,20,23,38H,3,6-15,19H2,1H3. The Morgan fingerprint density at radius 2 is 1.90 bits per heavy atom. The first-order valence-electron chi connectivity index (χ1n) is 14.6. The summed E-state index contributed by atoms with van der Waals surface area (Å²) in [4.78, 5) is 22.7. The van der Waals surface area contributed by atoms with Crippen molar-refractivity contribution in [3.05, 3.63) is 42.0 Å². The topological polar surface area (TPSA) is 75.8 Å². The number of benzene rings is 2. The zero-order chi connectivity index (χ0) is 27.4. The van der Waals surface area contributed by atoms with Gasteiger partial charge >= 0.3 is 0 Å². The van der Waals surface area contributed by atoms with Gasteiger partial charge in [-0.1, -0.05) is 12.1 Å². The van der Waals surface area contributed by atoms with Crippen molar-refractivity contribution in [3.8, 4) is 17.3 Å². The molecule has 2 aliphatic heterocycles. The largest absolute Gasteiger partial charge is 0.494 e. The number of aliphatic hydroxyl groups excluding tert-OH is 1. The maximum absolute atomic E-state index is 13.7. The van der Waals surface area contributed by atoms with Crippen LogP contribution in [0.15, 0.2) is 36.4 Å². The summed E-state index contributed by atoms with van der Waals surface area (Å²) in [6.45, 7) is 4.43. The Hall–Kier alpha value is -3.59. The fraction of sp³-hybridized carbons (Fsp3) is 0.484. The summed E-state index contributed by atoms with van der Waals surface area (Å²) in [6, 6.07) is 12.4. The molecule has 1 saturated carbocycles. The van der Waals surface area contributed by atoms with Gasteiger partial charge in [-0.2, -0.15) is 0 Å². The van der Waals surface area contributed by atoms with Crippen LogP contribution in [0, 0.1) is 5.92 Å². The van der Waals surface area contributed by atoms with Crippen molar-refractivity contribution >= 4 is 33.5 Å². The maximum atomic E-state index is 13.7. The van der Waals surface area contributed by atoms with Crippen molar-refractivity contribution in [1.82, 2.24) is 19.0 Å². The number of rotatable bonds is 8. The number of methoxy groups -OCH3 is 1. The number of fused-ring (bicyclic) bond motifs is 1. The minimum Gasteiger partial charge on any atom is -0.494 e. The van der Waals surface area contributed by atoms with Crippen molar-refractivity contribution in [2.75, 3.05) is 44.8 Å². The maximum Gasteiger partial charge on any atom is 0.254 e. The van der Waals surface area contributed by atoms with Gasteiger partial charge in [0.05, 0.1) is 29.5 Å². The molecule has 9 heteroatoms. The van der Waals surface area contributed by atoms with E-state index >= 15 is 0 Å². The summed E-state index contributed by atoms with van der Waals surface area (Å²) in [5.41, 5.74) is 5.66. The summed E-state index contributed by atoms with van der Waals surface area (Å²) >= 11 is 0. The second kappa shape index (κ2) is 10.1. The van der Waals surface area contributed by atoms with Crippen LogP contribution in [0.25, 0.3) is 33.5 Å². The van der Waals surface area contributed by atoms with Crippen LogP contribution in [0.2, 0.25) is 0 Å². The first kappa shape index (κ1) is 25.4. The molecule has 8 nitrogen and oxygen atoms in total. The fourth-order valence-electron chi connectivity index (χ4n) is 6.49. The highest BCUT2D eigenvalue weighted by Gasteiger charge is 2.30. The lowest BCUT2D eigenvalue weighted by atomic mass is 10.1. The molecule has 2 fully saturated rings. The molecule has 0 spiro atoms. The molecule has 1 amide bonds. The third-order valence-electron chi connectivity index (χ3n) is 8.77. The number of halogens is 1. The van der Waals surface area contributed by atoms with E-state index in [0.29, 0.717) is 43.2 Å². The zero-order valence-corrected chi connectivity index (χ0v) is 23.0. The lowest BCUT2D eigenvalue weighted by Gasteiger charge is -2.31. The minimum atomic E-state index is -0.831. The molecule has 7 rings (SSSR count). The summed E-state index contributed by atoms with van der Waals surface area (Å²) in [5, 5.41) is 10.6. The number of likely N-dealkylation sites (tertiary alicyclic amines) is 1. The van der Waals surface area contributed by atoms with E-state index in [1.807, 2.05) is 12.1 Å². The van der Waals surface area contributed by atoms with Crippen molar-refractivity contribution in [2.45, 2.75) is 51.4 Å². The second-order valence-electron chi connectivity index (χ2n) is 11.5. The van der Waals surface area contributed by atoms with E-state index in [-0.39, 0.29) is 12.5 Å². The van der Waals surface area contributed by atoms with Gasteiger partial charge in [-0.25, -0.2) is 9.37 Å². The molecule has 1 aliphatic carbocycles. The number of aliphatic hydroxyl groups is 1. The van der Waals surface area contributed by atoms with Crippen LogP contribution in [-0.2, 0) is 13.1 Å². The highest BCUT2D eigenvalue weighted by atomic mass is 19.1. The van der Waals surface area contributed by atoms with Gasteiger partial charge in [0.2, 0.25) is 0 Å². The molecule has 4 aromatic rings. The number of carbonyl (C=O) groups is 1. The summed E-state index contributed by atoms with van der Waals surface area (Å²) in [5.74, 6) is 2.06. The average molecular weight is 546 g/mol. The smallest absolute Gasteiger partial charge is 0.254 e. The highest BCUT2D eigenvalue weighted by molar-refractivity contribution is 6.01. The number of piperidine rings is 1. The van der Waals surface area contributed by atoms with E-state index in [1.165, 1.54) is 29.4 Å². The molecule has 2 aromatic heterocycles. The van der Waals surface area contributed by atoms with Gasteiger partial charge in [-0.05, 0) is 62.3 Å². The molecule has 3 aliphatic rings. The van der Waals surface area contributed by atoms with Crippen LogP contribution in [0.3, 0.4) is 0 Å². The van der Waals surface area contributed by atoms with Crippen molar-refractivity contribution in [3.63, 3.8) is 0 Å². The van der Waals surface area contributed by atoms with Crippen LogP contribution in [0.1, 0.15) is 42.5 Å². The third kappa shape index (κ3) is 4.31. The van der Waals surface area contributed by atoms with Gasteiger partial charge in [-0.15, -0.1) is 0 Å². The Balaban J connectivity index is 1.36. The average Bonchev–Trinajstić information content (AvgIpc) is 3.62. The van der Waals surface area contributed by atoms with Crippen molar-refractivity contribution in [2.24, 2.45) is 5.92 Å². The SMILES string of the molecule is COc1cc(C(=O)N2CCC(F)CC2)cc2nc(-c3cc4cccc5c4n3CCN5CCCO)n(CC3CC3)c12. The first-order chi connectivity index (χ1) is 19.6. The number of nitrogens with zero attached hydrogens (tertiary/aromatic N) is 5. The van der Waals surface area contributed by atoms with Gasteiger partial charge in [0, 0.05) is 56.8 Å². The Kier molecular flexibility index (Phi) is 6.41. The van der Waals surface area contributed by atoms with E-state index in [4.69, 9.17) is 9.72 Å². The van der Waals surface area contributed by atoms with E-state index in [1.54, 1.807) is 12.0 Å². The monoisotopic (exact) mass is 545 g/mol. The quantitative estimate of drug-likeness (QED) is 0.343. The Labute approximate surface area is 232 Å². The highest BCUT2D eigenvalue weighted by Crippen LogP contribution is 2.41. The van der Waals surface area contributed by atoms with Crippen LogP contribution < -0.4 is 9.64 Å².